The molecule has 3 rings (SSSR count). The third kappa shape index (κ3) is 5.25. The molecule has 0 bridgehead atoms. The van der Waals surface area contributed by atoms with Crippen LogP contribution in [-0.2, 0) is 6.54 Å². The Balaban J connectivity index is 1.52. The molecule has 2 aromatic rings. The Kier molecular flexibility index (Phi) is 6.56. The molecule has 0 radical (unpaired) electrons. The second kappa shape index (κ2) is 9.09. The number of nitrogens with zero attached hydrogens (tertiary/aromatic N) is 1. The van der Waals surface area contributed by atoms with E-state index >= 15 is 0 Å². The average Bonchev–Trinajstić information content (AvgIpc) is 2.68. The van der Waals surface area contributed by atoms with E-state index in [1.807, 2.05) is 60.5 Å². The van der Waals surface area contributed by atoms with Gasteiger partial charge in [0.25, 0.3) is 5.91 Å². The Hall–Kier alpha value is -2.00. The molecule has 0 saturated heterocycles. The summed E-state index contributed by atoms with van der Waals surface area (Å²) in [7, 11) is 1.92. The lowest BCUT2D eigenvalue weighted by Gasteiger charge is -2.27. The molecule has 1 amide bonds. The van der Waals surface area contributed by atoms with Crippen molar-refractivity contribution in [1.29, 1.82) is 0 Å². The fraction of sp³-hybridized carbons (Fsp3) is 0.409. The number of rotatable bonds is 6. The van der Waals surface area contributed by atoms with Gasteiger partial charge in [0.1, 0.15) is 0 Å². The summed E-state index contributed by atoms with van der Waals surface area (Å²) in [5.74, 6) is 0.776. The van der Waals surface area contributed by atoms with Gasteiger partial charge in [-0.25, -0.2) is 0 Å². The lowest BCUT2D eigenvalue weighted by Crippen LogP contribution is -2.32. The highest BCUT2D eigenvalue weighted by molar-refractivity contribution is 6.30. The maximum absolute atomic E-state index is 12.6. The van der Waals surface area contributed by atoms with Crippen LogP contribution >= 0.6 is 11.6 Å². The molecule has 26 heavy (non-hydrogen) atoms. The van der Waals surface area contributed by atoms with E-state index in [1.54, 1.807) is 0 Å². The van der Waals surface area contributed by atoms with Crippen molar-refractivity contribution in [3.8, 4) is 0 Å². The van der Waals surface area contributed by atoms with E-state index < -0.39 is 0 Å². The SMILES string of the molecule is CN(CC1CCCCC1)C(=O)c1ccc(NCc2ccc(Cl)cc2)cc1. The van der Waals surface area contributed by atoms with Gasteiger partial charge in [-0.1, -0.05) is 43.0 Å². The summed E-state index contributed by atoms with van der Waals surface area (Å²) in [6.07, 6.45) is 6.47. The predicted octanol–water partition coefficient (Wildman–Crippen LogP) is 5.60. The number of hydrogen-bond donors (Lipinski definition) is 1. The molecule has 3 nitrogen and oxygen atoms in total. The Morgan fingerprint density at radius 3 is 2.35 bits per heavy atom. The van der Waals surface area contributed by atoms with Crippen LogP contribution < -0.4 is 5.32 Å². The zero-order valence-electron chi connectivity index (χ0n) is 15.4. The van der Waals surface area contributed by atoms with Crippen LogP contribution in [0.5, 0.6) is 0 Å². The number of carbonyl (C=O) groups excluding carboxylic acids is 1. The summed E-state index contributed by atoms with van der Waals surface area (Å²) in [6.45, 7) is 1.60. The predicted molar refractivity (Wildman–Crippen MR) is 109 cm³/mol. The first-order valence-corrected chi connectivity index (χ1v) is 9.83. The topological polar surface area (TPSA) is 32.3 Å². The molecule has 0 atom stereocenters. The number of nitrogens with one attached hydrogen (secondary N) is 1. The van der Waals surface area contributed by atoms with E-state index in [-0.39, 0.29) is 5.91 Å². The monoisotopic (exact) mass is 370 g/mol. The normalized spacial score (nSPS) is 14.8. The molecule has 138 valence electrons. The van der Waals surface area contributed by atoms with E-state index in [2.05, 4.69) is 5.32 Å². The van der Waals surface area contributed by atoms with Crippen LogP contribution in [0.2, 0.25) is 5.02 Å². The number of halogens is 1. The summed E-state index contributed by atoms with van der Waals surface area (Å²) in [4.78, 5) is 14.5. The molecular formula is C22H27ClN2O. The smallest absolute Gasteiger partial charge is 0.253 e. The third-order valence-electron chi connectivity index (χ3n) is 5.15. The van der Waals surface area contributed by atoms with Crippen LogP contribution in [0.3, 0.4) is 0 Å². The third-order valence-corrected chi connectivity index (χ3v) is 5.40. The first kappa shape index (κ1) is 18.8. The number of amides is 1. The average molecular weight is 371 g/mol. The molecular weight excluding hydrogens is 344 g/mol. The largest absolute Gasteiger partial charge is 0.381 e. The van der Waals surface area contributed by atoms with Gasteiger partial charge in [0.2, 0.25) is 0 Å². The van der Waals surface area contributed by atoms with Crippen molar-refractivity contribution in [1.82, 2.24) is 4.90 Å². The summed E-state index contributed by atoms with van der Waals surface area (Å²) in [6, 6.07) is 15.6. The van der Waals surface area contributed by atoms with Crippen LogP contribution in [0.25, 0.3) is 0 Å². The van der Waals surface area contributed by atoms with Crippen LogP contribution in [0.4, 0.5) is 5.69 Å². The summed E-state index contributed by atoms with van der Waals surface area (Å²) < 4.78 is 0. The van der Waals surface area contributed by atoms with Gasteiger partial charge in [-0.2, -0.15) is 0 Å². The molecule has 0 heterocycles. The Labute approximate surface area is 161 Å². The molecule has 0 unspecified atom stereocenters. The van der Waals surface area contributed by atoms with Crippen LogP contribution in [0.15, 0.2) is 48.5 Å². The maximum atomic E-state index is 12.6. The molecule has 0 aromatic heterocycles. The van der Waals surface area contributed by atoms with Gasteiger partial charge in [-0.3, -0.25) is 4.79 Å². The summed E-state index contributed by atoms with van der Waals surface area (Å²) in [5, 5.41) is 4.12. The van der Waals surface area contributed by atoms with Crippen molar-refractivity contribution in [2.75, 3.05) is 18.9 Å². The van der Waals surface area contributed by atoms with Crippen molar-refractivity contribution in [2.45, 2.75) is 38.6 Å². The van der Waals surface area contributed by atoms with Gasteiger partial charge in [0.15, 0.2) is 0 Å². The Bertz CT molecular complexity index is 706. The number of carbonyl (C=O) groups is 1. The number of hydrogen-bond acceptors (Lipinski definition) is 2. The van der Waals surface area contributed by atoms with E-state index in [0.29, 0.717) is 5.92 Å². The zero-order chi connectivity index (χ0) is 18.4. The fourth-order valence-electron chi connectivity index (χ4n) is 3.60. The molecule has 1 fully saturated rings. The molecule has 4 heteroatoms. The highest BCUT2D eigenvalue weighted by atomic mass is 35.5. The van der Waals surface area contributed by atoms with Crippen molar-refractivity contribution in [3.05, 3.63) is 64.7 Å². The van der Waals surface area contributed by atoms with Crippen molar-refractivity contribution in [2.24, 2.45) is 5.92 Å². The van der Waals surface area contributed by atoms with E-state index in [4.69, 9.17) is 11.6 Å². The first-order chi connectivity index (χ1) is 12.6. The minimum absolute atomic E-state index is 0.111. The Morgan fingerprint density at radius 2 is 1.69 bits per heavy atom. The summed E-state index contributed by atoms with van der Waals surface area (Å²) >= 11 is 5.91. The van der Waals surface area contributed by atoms with Crippen LogP contribution in [0.1, 0.15) is 48.0 Å². The lowest BCUT2D eigenvalue weighted by molar-refractivity contribution is 0.0760. The lowest BCUT2D eigenvalue weighted by atomic mass is 9.89. The summed E-state index contributed by atoms with van der Waals surface area (Å²) in [5.41, 5.74) is 2.92. The van der Waals surface area contributed by atoms with Crippen LogP contribution in [-0.4, -0.2) is 24.4 Å². The van der Waals surface area contributed by atoms with E-state index in [0.717, 1.165) is 29.4 Å². The van der Waals surface area contributed by atoms with Gasteiger partial charge in [0, 0.05) is 36.4 Å². The number of benzene rings is 2. The number of anilines is 1. The van der Waals surface area contributed by atoms with Crippen molar-refractivity contribution >= 4 is 23.2 Å². The molecule has 2 aromatic carbocycles. The minimum atomic E-state index is 0.111. The van der Waals surface area contributed by atoms with Gasteiger partial charge in [-0.05, 0) is 60.7 Å². The van der Waals surface area contributed by atoms with Crippen molar-refractivity contribution in [3.63, 3.8) is 0 Å². The van der Waals surface area contributed by atoms with Gasteiger partial charge < -0.3 is 10.2 Å². The molecule has 1 saturated carbocycles. The van der Waals surface area contributed by atoms with E-state index in [9.17, 15) is 4.79 Å². The molecule has 1 aliphatic rings. The van der Waals surface area contributed by atoms with Crippen LogP contribution in [0, 0.1) is 5.92 Å². The quantitative estimate of drug-likeness (QED) is 0.717. The fourth-order valence-corrected chi connectivity index (χ4v) is 3.72. The Morgan fingerprint density at radius 1 is 1.04 bits per heavy atom. The van der Waals surface area contributed by atoms with Crippen molar-refractivity contribution < 1.29 is 4.79 Å². The molecule has 1 N–H and O–H groups in total. The van der Waals surface area contributed by atoms with Gasteiger partial charge in [0.05, 0.1) is 0 Å². The zero-order valence-corrected chi connectivity index (χ0v) is 16.1. The molecule has 0 spiro atoms. The van der Waals surface area contributed by atoms with E-state index in [1.165, 1.54) is 37.7 Å². The van der Waals surface area contributed by atoms with Gasteiger partial charge in [-0.15, -0.1) is 0 Å². The minimum Gasteiger partial charge on any atom is -0.381 e. The standard InChI is InChI=1S/C22H27ClN2O/c1-25(16-18-5-3-2-4-6-18)22(26)19-9-13-21(14-10-19)24-15-17-7-11-20(23)12-8-17/h7-14,18,24H,2-6,15-16H2,1H3. The first-order valence-electron chi connectivity index (χ1n) is 9.45. The molecule has 1 aliphatic carbocycles. The second-order valence-corrected chi connectivity index (χ2v) is 7.68. The molecule has 0 aliphatic heterocycles. The highest BCUT2D eigenvalue weighted by Gasteiger charge is 2.19. The highest BCUT2D eigenvalue weighted by Crippen LogP contribution is 2.24. The van der Waals surface area contributed by atoms with Gasteiger partial charge >= 0.3 is 0 Å². The second-order valence-electron chi connectivity index (χ2n) is 7.25. The maximum Gasteiger partial charge on any atom is 0.253 e.